The minimum atomic E-state index is 0.696. The third-order valence-electron chi connectivity index (χ3n) is 3.33. The summed E-state index contributed by atoms with van der Waals surface area (Å²) in [4.78, 5) is 4.56. The Hall–Kier alpha value is -2.82. The van der Waals surface area contributed by atoms with Gasteiger partial charge >= 0.3 is 0 Å². The van der Waals surface area contributed by atoms with E-state index < -0.39 is 0 Å². The van der Waals surface area contributed by atoms with E-state index in [1.807, 2.05) is 53.3 Å². The Morgan fingerprint density at radius 3 is 3.15 bits per heavy atom. The van der Waals surface area contributed by atoms with Crippen LogP contribution in [0.1, 0.15) is 5.69 Å². The van der Waals surface area contributed by atoms with E-state index in [4.69, 9.17) is 0 Å². The van der Waals surface area contributed by atoms with Crippen molar-refractivity contribution >= 4 is 22.2 Å². The van der Waals surface area contributed by atoms with Gasteiger partial charge in [0.1, 0.15) is 5.65 Å². The van der Waals surface area contributed by atoms with Crippen LogP contribution in [-0.4, -0.2) is 19.6 Å². The number of pyridine rings is 1. The monoisotopic (exact) mass is 263 g/mol. The molecule has 0 bridgehead atoms. The zero-order chi connectivity index (χ0) is 13.4. The summed E-state index contributed by atoms with van der Waals surface area (Å²) in [5, 5.41) is 11.5. The number of benzene rings is 1. The first-order valence-corrected chi connectivity index (χ1v) is 6.48. The molecule has 0 aliphatic carbocycles. The lowest BCUT2D eigenvalue weighted by molar-refractivity contribution is 1.08. The number of H-pyrrole nitrogens is 1. The summed E-state index contributed by atoms with van der Waals surface area (Å²) in [5.74, 6) is 0. The second-order valence-corrected chi connectivity index (χ2v) is 4.72. The van der Waals surface area contributed by atoms with Gasteiger partial charge in [0.15, 0.2) is 0 Å². The molecular formula is C15H13N5. The molecule has 0 aliphatic heterocycles. The van der Waals surface area contributed by atoms with Crippen molar-refractivity contribution < 1.29 is 0 Å². The standard InChI is InChI=1S/C15H13N5/c1-2-6-20-10-13(18-15(20)3-1)9-16-12-5-4-11-8-17-19-14(11)7-12/h1-8,10,16H,9H2,(H,17,19). The maximum Gasteiger partial charge on any atom is 0.137 e. The molecule has 4 aromatic rings. The molecule has 4 rings (SSSR count). The SMILES string of the molecule is c1ccn2cc(CNc3ccc4cn[nH]c4c3)nc2c1. The zero-order valence-corrected chi connectivity index (χ0v) is 10.7. The minimum absolute atomic E-state index is 0.696. The first-order chi connectivity index (χ1) is 9.88. The molecule has 20 heavy (non-hydrogen) atoms. The Morgan fingerprint density at radius 1 is 1.20 bits per heavy atom. The van der Waals surface area contributed by atoms with E-state index in [0.717, 1.165) is 27.9 Å². The first kappa shape index (κ1) is 11.0. The normalized spacial score (nSPS) is 11.2. The van der Waals surface area contributed by atoms with E-state index in [9.17, 15) is 0 Å². The molecule has 5 heteroatoms. The summed E-state index contributed by atoms with van der Waals surface area (Å²) < 4.78 is 2.02. The molecule has 0 aliphatic rings. The van der Waals surface area contributed by atoms with Crippen molar-refractivity contribution in [3.05, 3.63) is 60.7 Å². The zero-order valence-electron chi connectivity index (χ0n) is 10.7. The Kier molecular flexibility index (Phi) is 2.42. The highest BCUT2D eigenvalue weighted by Gasteiger charge is 2.02. The van der Waals surface area contributed by atoms with Crippen molar-refractivity contribution in [1.29, 1.82) is 0 Å². The number of imidazole rings is 1. The molecule has 5 nitrogen and oxygen atoms in total. The fraction of sp³-hybridized carbons (Fsp3) is 0.0667. The largest absolute Gasteiger partial charge is 0.379 e. The van der Waals surface area contributed by atoms with E-state index in [2.05, 4.69) is 26.6 Å². The van der Waals surface area contributed by atoms with Gasteiger partial charge in [0.2, 0.25) is 0 Å². The Bertz CT molecular complexity index is 839. The van der Waals surface area contributed by atoms with Gasteiger partial charge in [-0.2, -0.15) is 5.10 Å². The van der Waals surface area contributed by atoms with E-state index >= 15 is 0 Å². The number of hydrogen-bond donors (Lipinski definition) is 2. The molecule has 1 aromatic carbocycles. The van der Waals surface area contributed by atoms with Crippen LogP contribution in [0.25, 0.3) is 16.6 Å². The second kappa shape index (κ2) is 4.38. The van der Waals surface area contributed by atoms with Crippen molar-refractivity contribution in [2.75, 3.05) is 5.32 Å². The molecule has 0 fully saturated rings. The van der Waals surface area contributed by atoms with Gasteiger partial charge < -0.3 is 9.72 Å². The van der Waals surface area contributed by atoms with Crippen LogP contribution in [0.15, 0.2) is 55.0 Å². The van der Waals surface area contributed by atoms with E-state index in [1.165, 1.54) is 0 Å². The molecule has 0 atom stereocenters. The van der Waals surface area contributed by atoms with E-state index in [1.54, 1.807) is 0 Å². The lowest BCUT2D eigenvalue weighted by Crippen LogP contribution is -1.99. The van der Waals surface area contributed by atoms with Gasteiger partial charge in [0, 0.05) is 23.5 Å². The average Bonchev–Trinajstić information content (AvgIpc) is 3.10. The van der Waals surface area contributed by atoms with Gasteiger partial charge in [-0.05, 0) is 30.3 Å². The van der Waals surface area contributed by atoms with Gasteiger partial charge in [-0.1, -0.05) is 6.07 Å². The summed E-state index contributed by atoms with van der Waals surface area (Å²) in [6.45, 7) is 0.696. The highest BCUT2D eigenvalue weighted by molar-refractivity contribution is 5.81. The maximum absolute atomic E-state index is 4.56. The average molecular weight is 263 g/mol. The van der Waals surface area contributed by atoms with Crippen LogP contribution in [0, 0.1) is 0 Å². The number of nitrogens with zero attached hydrogens (tertiary/aromatic N) is 3. The highest BCUT2D eigenvalue weighted by atomic mass is 15.1. The maximum atomic E-state index is 4.56. The van der Waals surface area contributed by atoms with Crippen molar-refractivity contribution in [2.45, 2.75) is 6.54 Å². The molecule has 0 amide bonds. The molecule has 0 radical (unpaired) electrons. The summed E-state index contributed by atoms with van der Waals surface area (Å²) >= 11 is 0. The van der Waals surface area contributed by atoms with Gasteiger partial charge in [0.05, 0.1) is 24.0 Å². The lowest BCUT2D eigenvalue weighted by atomic mass is 10.2. The first-order valence-electron chi connectivity index (χ1n) is 6.48. The van der Waals surface area contributed by atoms with Crippen LogP contribution < -0.4 is 5.32 Å². The number of nitrogens with one attached hydrogen (secondary N) is 2. The number of fused-ring (bicyclic) bond motifs is 2. The molecule has 2 N–H and O–H groups in total. The van der Waals surface area contributed by atoms with Crippen LogP contribution in [0.2, 0.25) is 0 Å². The topological polar surface area (TPSA) is 58.0 Å². The Balaban J connectivity index is 1.56. The quantitative estimate of drug-likeness (QED) is 0.597. The molecule has 0 saturated heterocycles. The summed E-state index contributed by atoms with van der Waals surface area (Å²) in [5.41, 5.74) is 4.07. The molecule has 0 spiro atoms. The smallest absolute Gasteiger partial charge is 0.137 e. The predicted molar refractivity (Wildman–Crippen MR) is 78.6 cm³/mol. The number of hydrogen-bond acceptors (Lipinski definition) is 3. The van der Waals surface area contributed by atoms with Crippen LogP contribution >= 0.6 is 0 Å². The summed E-state index contributed by atoms with van der Waals surface area (Å²) in [6, 6.07) is 12.1. The molecule has 3 aromatic heterocycles. The van der Waals surface area contributed by atoms with Crippen LogP contribution in [-0.2, 0) is 6.54 Å². The summed E-state index contributed by atoms with van der Waals surface area (Å²) in [6.07, 6.45) is 5.86. The molecule has 0 unspecified atom stereocenters. The van der Waals surface area contributed by atoms with Crippen molar-refractivity contribution in [3.63, 3.8) is 0 Å². The van der Waals surface area contributed by atoms with Crippen molar-refractivity contribution in [1.82, 2.24) is 19.6 Å². The van der Waals surface area contributed by atoms with Gasteiger partial charge in [-0.15, -0.1) is 0 Å². The van der Waals surface area contributed by atoms with Crippen LogP contribution in [0.4, 0.5) is 5.69 Å². The van der Waals surface area contributed by atoms with E-state index in [-0.39, 0.29) is 0 Å². The van der Waals surface area contributed by atoms with Gasteiger partial charge in [0.25, 0.3) is 0 Å². The Morgan fingerprint density at radius 2 is 2.20 bits per heavy atom. The number of anilines is 1. The summed E-state index contributed by atoms with van der Waals surface area (Å²) in [7, 11) is 0. The molecular weight excluding hydrogens is 250 g/mol. The number of aromatic amines is 1. The minimum Gasteiger partial charge on any atom is -0.379 e. The van der Waals surface area contributed by atoms with Crippen LogP contribution in [0.3, 0.4) is 0 Å². The second-order valence-electron chi connectivity index (χ2n) is 4.72. The van der Waals surface area contributed by atoms with Gasteiger partial charge in [-0.25, -0.2) is 4.98 Å². The van der Waals surface area contributed by atoms with Gasteiger partial charge in [-0.3, -0.25) is 5.10 Å². The third-order valence-corrected chi connectivity index (χ3v) is 3.33. The third kappa shape index (κ3) is 1.89. The predicted octanol–water partition coefficient (Wildman–Crippen LogP) is 2.82. The van der Waals surface area contributed by atoms with Crippen molar-refractivity contribution in [2.24, 2.45) is 0 Å². The highest BCUT2D eigenvalue weighted by Crippen LogP contribution is 2.17. The molecule has 0 saturated carbocycles. The fourth-order valence-corrected chi connectivity index (χ4v) is 2.31. The molecule has 3 heterocycles. The van der Waals surface area contributed by atoms with Crippen molar-refractivity contribution in [3.8, 4) is 0 Å². The molecule has 98 valence electrons. The lowest BCUT2D eigenvalue weighted by Gasteiger charge is -2.03. The van der Waals surface area contributed by atoms with Crippen LogP contribution in [0.5, 0.6) is 0 Å². The van der Waals surface area contributed by atoms with E-state index in [0.29, 0.717) is 6.54 Å². The number of rotatable bonds is 3. The fourth-order valence-electron chi connectivity index (χ4n) is 2.31. The number of aromatic nitrogens is 4. The Labute approximate surface area is 115 Å².